The number of hydrogen-bond donors (Lipinski definition) is 0. The molecule has 0 unspecified atom stereocenters. The average Bonchev–Trinajstić information content (AvgIpc) is 2.52. The molecule has 0 saturated carbocycles. The van der Waals surface area contributed by atoms with Gasteiger partial charge in [0.1, 0.15) is 6.61 Å². The van der Waals surface area contributed by atoms with Crippen LogP contribution in [-0.4, -0.2) is 37.7 Å². The number of ether oxygens (including phenoxy) is 1. The van der Waals surface area contributed by atoms with E-state index in [2.05, 4.69) is 34.9 Å². The first-order valence-electron chi connectivity index (χ1n) is 7.42. The van der Waals surface area contributed by atoms with E-state index < -0.39 is 0 Å². The van der Waals surface area contributed by atoms with Gasteiger partial charge in [-0.05, 0) is 31.5 Å². The van der Waals surface area contributed by atoms with Crippen LogP contribution in [0.3, 0.4) is 0 Å². The van der Waals surface area contributed by atoms with Crippen molar-refractivity contribution >= 4 is 6.08 Å². The fourth-order valence-electron chi connectivity index (χ4n) is 2.26. The van der Waals surface area contributed by atoms with E-state index in [0.717, 1.165) is 6.54 Å². The minimum absolute atomic E-state index is 0.521. The van der Waals surface area contributed by atoms with Crippen molar-refractivity contribution in [2.24, 2.45) is 0 Å². The Kier molecular flexibility index (Phi) is 6.95. The molecule has 2 heteroatoms. The molecule has 0 aromatic heterocycles. The van der Waals surface area contributed by atoms with Crippen LogP contribution in [0.2, 0.25) is 0 Å². The van der Waals surface area contributed by atoms with Gasteiger partial charge in [-0.3, -0.25) is 4.90 Å². The maximum atomic E-state index is 5.47. The minimum Gasteiger partial charge on any atom is -0.365 e. The predicted octanol–water partition coefficient (Wildman–Crippen LogP) is 3.21. The van der Waals surface area contributed by atoms with Crippen LogP contribution in [-0.2, 0) is 4.74 Å². The molecule has 1 aliphatic heterocycles. The maximum absolute atomic E-state index is 5.47. The molecule has 1 aromatic carbocycles. The second-order valence-electron chi connectivity index (χ2n) is 5.02. The maximum Gasteiger partial charge on any atom is 0.108 e. The second kappa shape index (κ2) is 9.36. The van der Waals surface area contributed by atoms with Gasteiger partial charge in [0.05, 0.1) is 13.2 Å². The summed E-state index contributed by atoms with van der Waals surface area (Å²) in [6, 6.07) is 10.2. The van der Waals surface area contributed by atoms with E-state index in [4.69, 9.17) is 4.74 Å². The largest absolute Gasteiger partial charge is 0.365 e. The second-order valence-corrected chi connectivity index (χ2v) is 5.02. The number of likely N-dealkylation sites (tertiary alicyclic amines) is 1. The molecule has 0 amide bonds. The van der Waals surface area contributed by atoms with E-state index in [1.807, 2.05) is 24.3 Å². The van der Waals surface area contributed by atoms with Crippen molar-refractivity contribution in [3.8, 4) is 11.8 Å². The zero-order chi connectivity index (χ0) is 13.9. The Morgan fingerprint density at radius 1 is 1.05 bits per heavy atom. The lowest BCUT2D eigenvalue weighted by molar-refractivity contribution is 0.199. The molecule has 2 rings (SSSR count). The number of piperidine rings is 1. The third-order valence-electron chi connectivity index (χ3n) is 3.37. The summed E-state index contributed by atoms with van der Waals surface area (Å²) < 4.78 is 5.47. The molecular formula is C18H23NO. The van der Waals surface area contributed by atoms with E-state index >= 15 is 0 Å². The quantitative estimate of drug-likeness (QED) is 0.601. The van der Waals surface area contributed by atoms with Crippen molar-refractivity contribution in [1.29, 1.82) is 0 Å². The van der Waals surface area contributed by atoms with Gasteiger partial charge in [0, 0.05) is 0 Å². The highest BCUT2D eigenvalue weighted by Gasteiger charge is 2.07. The van der Waals surface area contributed by atoms with Crippen molar-refractivity contribution in [1.82, 2.24) is 4.90 Å². The lowest BCUT2D eigenvalue weighted by Gasteiger charge is -2.23. The smallest absolute Gasteiger partial charge is 0.108 e. The summed E-state index contributed by atoms with van der Waals surface area (Å²) in [5.74, 6) is 6.27. The van der Waals surface area contributed by atoms with Gasteiger partial charge >= 0.3 is 0 Å². The molecule has 1 fully saturated rings. The van der Waals surface area contributed by atoms with E-state index in [9.17, 15) is 0 Å². The highest BCUT2D eigenvalue weighted by Crippen LogP contribution is 2.07. The van der Waals surface area contributed by atoms with Crippen LogP contribution in [0, 0.1) is 11.8 Å². The molecule has 0 radical (unpaired) electrons. The molecule has 20 heavy (non-hydrogen) atoms. The average molecular weight is 269 g/mol. The van der Waals surface area contributed by atoms with Crippen LogP contribution in [0.25, 0.3) is 6.08 Å². The Balaban J connectivity index is 1.54. The molecule has 0 aliphatic carbocycles. The third kappa shape index (κ3) is 6.06. The monoisotopic (exact) mass is 269 g/mol. The van der Waals surface area contributed by atoms with Crippen LogP contribution in [0.15, 0.2) is 36.4 Å². The summed E-state index contributed by atoms with van der Waals surface area (Å²) in [4.78, 5) is 2.42. The Hall–Kier alpha value is -1.56. The van der Waals surface area contributed by atoms with Gasteiger partial charge in [0.2, 0.25) is 0 Å². The molecule has 1 heterocycles. The first kappa shape index (κ1) is 14.8. The summed E-state index contributed by atoms with van der Waals surface area (Å²) in [6.45, 7) is 4.44. The van der Waals surface area contributed by atoms with E-state index in [1.54, 1.807) is 0 Å². The molecule has 106 valence electrons. The van der Waals surface area contributed by atoms with Gasteiger partial charge in [-0.2, -0.15) is 0 Å². The van der Waals surface area contributed by atoms with Gasteiger partial charge in [-0.1, -0.05) is 60.7 Å². The van der Waals surface area contributed by atoms with Crippen LogP contribution in [0.1, 0.15) is 24.8 Å². The molecule has 1 aliphatic rings. The molecule has 1 aromatic rings. The first-order chi connectivity index (χ1) is 9.95. The summed E-state index contributed by atoms with van der Waals surface area (Å²) in [6.07, 6.45) is 8.12. The third-order valence-corrected chi connectivity index (χ3v) is 3.37. The van der Waals surface area contributed by atoms with Crippen LogP contribution in [0.4, 0.5) is 0 Å². The van der Waals surface area contributed by atoms with Crippen LogP contribution < -0.4 is 0 Å². The molecule has 0 bridgehead atoms. The van der Waals surface area contributed by atoms with E-state index in [-0.39, 0.29) is 0 Å². The Morgan fingerprint density at radius 3 is 2.65 bits per heavy atom. The van der Waals surface area contributed by atoms with Gasteiger partial charge in [-0.25, -0.2) is 0 Å². The lowest BCUT2D eigenvalue weighted by Crippen LogP contribution is -2.29. The standard InChI is InChI=1S/C18H23NO/c1-3-10-18(11-4-1)12-9-17-20-16-8-7-15-19-13-5-2-6-14-19/h1,3-4,9-12H,2,5-6,13-17H2/b12-9+. The van der Waals surface area contributed by atoms with E-state index in [1.165, 1.54) is 37.9 Å². The zero-order valence-corrected chi connectivity index (χ0v) is 12.1. The van der Waals surface area contributed by atoms with E-state index in [0.29, 0.717) is 13.2 Å². The number of rotatable bonds is 5. The van der Waals surface area contributed by atoms with Crippen molar-refractivity contribution in [3.63, 3.8) is 0 Å². The molecule has 1 saturated heterocycles. The Morgan fingerprint density at radius 2 is 1.85 bits per heavy atom. The van der Waals surface area contributed by atoms with Gasteiger partial charge in [-0.15, -0.1) is 0 Å². The summed E-state index contributed by atoms with van der Waals surface area (Å²) in [5.41, 5.74) is 1.20. The molecule has 0 atom stereocenters. The topological polar surface area (TPSA) is 12.5 Å². The number of nitrogens with zero attached hydrogens (tertiary/aromatic N) is 1. The number of benzene rings is 1. The van der Waals surface area contributed by atoms with Crippen LogP contribution in [0.5, 0.6) is 0 Å². The zero-order valence-electron chi connectivity index (χ0n) is 12.1. The Labute approximate surface area is 122 Å². The first-order valence-corrected chi connectivity index (χ1v) is 7.42. The predicted molar refractivity (Wildman–Crippen MR) is 84.4 cm³/mol. The van der Waals surface area contributed by atoms with Gasteiger partial charge in [0.15, 0.2) is 0 Å². The molecule has 2 nitrogen and oxygen atoms in total. The highest BCUT2D eigenvalue weighted by molar-refractivity contribution is 5.48. The molecular weight excluding hydrogens is 246 g/mol. The molecule has 0 spiro atoms. The van der Waals surface area contributed by atoms with Gasteiger partial charge < -0.3 is 4.74 Å². The fraction of sp³-hybridized carbons (Fsp3) is 0.444. The van der Waals surface area contributed by atoms with Crippen molar-refractivity contribution < 1.29 is 4.74 Å². The fourth-order valence-corrected chi connectivity index (χ4v) is 2.26. The van der Waals surface area contributed by atoms with Gasteiger partial charge in [0.25, 0.3) is 0 Å². The minimum atomic E-state index is 0.521. The van der Waals surface area contributed by atoms with Crippen LogP contribution >= 0.6 is 0 Å². The molecule has 0 N–H and O–H groups in total. The lowest BCUT2D eigenvalue weighted by atomic mass is 10.1. The van der Waals surface area contributed by atoms with Crippen molar-refractivity contribution in [3.05, 3.63) is 42.0 Å². The summed E-state index contributed by atoms with van der Waals surface area (Å²) >= 11 is 0. The normalized spacial score (nSPS) is 16.0. The number of hydrogen-bond acceptors (Lipinski definition) is 2. The summed E-state index contributed by atoms with van der Waals surface area (Å²) in [7, 11) is 0. The summed E-state index contributed by atoms with van der Waals surface area (Å²) in [5, 5.41) is 0. The SMILES string of the molecule is C(#CCN1CCCCC1)COC/C=C/c1ccccc1. The van der Waals surface area contributed by atoms with Crippen molar-refractivity contribution in [2.75, 3.05) is 32.8 Å². The highest BCUT2D eigenvalue weighted by atomic mass is 16.5. The Bertz CT molecular complexity index is 449. The van der Waals surface area contributed by atoms with Crippen molar-refractivity contribution in [2.45, 2.75) is 19.3 Å².